The standard InChI is InChI=1S/C18H32N4OS.HI/c1-6-19-17(22-10-8-14(9-11-22)23-7-2)20-12-16-21-15(13-24-16)18(3,4)5;/h13-14H,6-12H2,1-5H3,(H,19,20);1H. The lowest BCUT2D eigenvalue weighted by Gasteiger charge is -2.34. The number of likely N-dealkylation sites (tertiary alicyclic amines) is 1. The van der Waals surface area contributed by atoms with Crippen LogP contribution in [-0.2, 0) is 16.7 Å². The molecule has 0 atom stereocenters. The lowest BCUT2D eigenvalue weighted by atomic mass is 9.93. The third-order valence-electron chi connectivity index (χ3n) is 4.16. The molecule has 7 heteroatoms. The molecule has 1 aromatic heterocycles. The minimum Gasteiger partial charge on any atom is -0.378 e. The van der Waals surface area contributed by atoms with Gasteiger partial charge in [-0.05, 0) is 26.7 Å². The summed E-state index contributed by atoms with van der Waals surface area (Å²) in [5.41, 5.74) is 1.25. The Morgan fingerprint density at radius 3 is 2.56 bits per heavy atom. The first-order valence-corrected chi connectivity index (χ1v) is 9.91. The number of aromatic nitrogens is 1. The molecule has 0 spiro atoms. The minimum atomic E-state index is 0. The molecule has 0 saturated carbocycles. The van der Waals surface area contributed by atoms with Crippen molar-refractivity contribution in [3.05, 3.63) is 16.1 Å². The van der Waals surface area contributed by atoms with Crippen LogP contribution in [0.2, 0.25) is 0 Å². The van der Waals surface area contributed by atoms with Crippen molar-refractivity contribution in [2.75, 3.05) is 26.2 Å². The van der Waals surface area contributed by atoms with E-state index in [-0.39, 0.29) is 29.4 Å². The maximum absolute atomic E-state index is 5.74. The molecule has 0 aromatic carbocycles. The van der Waals surface area contributed by atoms with Crippen molar-refractivity contribution in [1.82, 2.24) is 15.2 Å². The normalized spacial score (nSPS) is 16.7. The molecule has 0 radical (unpaired) electrons. The topological polar surface area (TPSA) is 49.8 Å². The summed E-state index contributed by atoms with van der Waals surface area (Å²) in [6, 6.07) is 0. The smallest absolute Gasteiger partial charge is 0.194 e. The molecule has 1 N–H and O–H groups in total. The number of hydrogen-bond donors (Lipinski definition) is 1. The van der Waals surface area contributed by atoms with E-state index in [1.807, 2.05) is 0 Å². The summed E-state index contributed by atoms with van der Waals surface area (Å²) in [5.74, 6) is 1.000. The molecule has 1 fully saturated rings. The number of ether oxygens (including phenoxy) is 1. The lowest BCUT2D eigenvalue weighted by Crippen LogP contribution is -2.47. The van der Waals surface area contributed by atoms with E-state index < -0.39 is 0 Å². The second kappa shape index (κ2) is 10.7. The van der Waals surface area contributed by atoms with Crippen LogP contribution in [0.1, 0.15) is 58.2 Å². The number of piperidine rings is 1. The fraction of sp³-hybridized carbons (Fsp3) is 0.778. The highest BCUT2D eigenvalue weighted by Gasteiger charge is 2.22. The summed E-state index contributed by atoms with van der Waals surface area (Å²) in [6.07, 6.45) is 2.55. The fourth-order valence-electron chi connectivity index (χ4n) is 2.77. The number of nitrogens with zero attached hydrogens (tertiary/aromatic N) is 3. The summed E-state index contributed by atoms with van der Waals surface area (Å²) >= 11 is 1.71. The fourth-order valence-corrected chi connectivity index (χ4v) is 3.71. The van der Waals surface area contributed by atoms with Crippen molar-refractivity contribution in [1.29, 1.82) is 0 Å². The van der Waals surface area contributed by atoms with E-state index in [0.717, 1.165) is 55.7 Å². The number of rotatable bonds is 5. The highest BCUT2D eigenvalue weighted by Crippen LogP contribution is 2.24. The van der Waals surface area contributed by atoms with Crippen LogP contribution in [0.15, 0.2) is 10.4 Å². The van der Waals surface area contributed by atoms with Crippen molar-refractivity contribution in [3.8, 4) is 0 Å². The summed E-state index contributed by atoms with van der Waals surface area (Å²) in [6.45, 7) is 15.1. The maximum Gasteiger partial charge on any atom is 0.194 e. The summed E-state index contributed by atoms with van der Waals surface area (Å²) in [4.78, 5) is 11.9. The molecule has 144 valence electrons. The van der Waals surface area contributed by atoms with Crippen molar-refractivity contribution in [2.45, 2.75) is 65.5 Å². The van der Waals surface area contributed by atoms with Crippen LogP contribution in [0.3, 0.4) is 0 Å². The predicted octanol–water partition coefficient (Wildman–Crippen LogP) is 4.03. The summed E-state index contributed by atoms with van der Waals surface area (Å²) in [7, 11) is 0. The monoisotopic (exact) mass is 480 g/mol. The van der Waals surface area contributed by atoms with E-state index in [2.05, 4.69) is 50.2 Å². The third kappa shape index (κ3) is 7.02. The zero-order valence-corrected chi connectivity index (χ0v) is 19.3. The van der Waals surface area contributed by atoms with Gasteiger partial charge in [0.05, 0.1) is 18.3 Å². The molecule has 0 bridgehead atoms. The van der Waals surface area contributed by atoms with E-state index in [4.69, 9.17) is 14.7 Å². The van der Waals surface area contributed by atoms with Gasteiger partial charge >= 0.3 is 0 Å². The summed E-state index contributed by atoms with van der Waals surface area (Å²) in [5, 5.41) is 6.66. The zero-order valence-electron chi connectivity index (χ0n) is 16.2. The van der Waals surface area contributed by atoms with Crippen LogP contribution in [0.25, 0.3) is 0 Å². The van der Waals surface area contributed by atoms with Gasteiger partial charge in [0.1, 0.15) is 5.01 Å². The molecule has 1 saturated heterocycles. The molecule has 0 amide bonds. The molecular formula is C18H33IN4OS. The maximum atomic E-state index is 5.74. The summed E-state index contributed by atoms with van der Waals surface area (Å²) < 4.78 is 5.74. The number of hydrogen-bond acceptors (Lipinski definition) is 4. The average Bonchev–Trinajstić information content (AvgIpc) is 3.02. The van der Waals surface area contributed by atoms with Gasteiger partial charge in [0.2, 0.25) is 0 Å². The largest absolute Gasteiger partial charge is 0.378 e. The Morgan fingerprint density at radius 1 is 1.36 bits per heavy atom. The quantitative estimate of drug-likeness (QED) is 0.393. The molecule has 2 heterocycles. The molecule has 2 rings (SSSR count). The third-order valence-corrected chi connectivity index (χ3v) is 5.00. The SMILES string of the molecule is CCNC(=NCc1nc(C(C)(C)C)cs1)N1CCC(OCC)CC1.I. The lowest BCUT2D eigenvalue weighted by molar-refractivity contribution is 0.0263. The molecule has 1 aromatic rings. The molecule has 25 heavy (non-hydrogen) atoms. The van der Waals surface area contributed by atoms with E-state index >= 15 is 0 Å². The Morgan fingerprint density at radius 2 is 2.04 bits per heavy atom. The van der Waals surface area contributed by atoms with Crippen LogP contribution in [0.5, 0.6) is 0 Å². The van der Waals surface area contributed by atoms with Crippen molar-refractivity contribution in [2.24, 2.45) is 4.99 Å². The number of thiazole rings is 1. The second-order valence-corrected chi connectivity index (χ2v) is 8.13. The first-order chi connectivity index (χ1) is 11.4. The van der Waals surface area contributed by atoms with Gasteiger partial charge in [0.25, 0.3) is 0 Å². The van der Waals surface area contributed by atoms with Gasteiger partial charge in [-0.3, -0.25) is 0 Å². The number of nitrogens with one attached hydrogen (secondary N) is 1. The van der Waals surface area contributed by atoms with Crippen LogP contribution in [0, 0.1) is 0 Å². The Kier molecular flexibility index (Phi) is 9.66. The zero-order chi connectivity index (χ0) is 17.6. The van der Waals surface area contributed by atoms with E-state index in [9.17, 15) is 0 Å². The molecule has 0 unspecified atom stereocenters. The molecule has 0 aliphatic carbocycles. The second-order valence-electron chi connectivity index (χ2n) is 7.19. The van der Waals surface area contributed by atoms with E-state index in [1.165, 1.54) is 0 Å². The van der Waals surface area contributed by atoms with Gasteiger partial charge in [-0.1, -0.05) is 20.8 Å². The van der Waals surface area contributed by atoms with Crippen LogP contribution in [-0.4, -0.2) is 48.2 Å². The van der Waals surface area contributed by atoms with Crippen LogP contribution < -0.4 is 5.32 Å². The molecular weight excluding hydrogens is 447 g/mol. The highest BCUT2D eigenvalue weighted by atomic mass is 127. The minimum absolute atomic E-state index is 0. The first kappa shape index (κ1) is 22.6. The number of guanidine groups is 1. The van der Waals surface area contributed by atoms with Crippen molar-refractivity contribution in [3.63, 3.8) is 0 Å². The Bertz CT molecular complexity index is 533. The number of halogens is 1. The van der Waals surface area contributed by atoms with Crippen molar-refractivity contribution >= 4 is 41.3 Å². The van der Waals surface area contributed by atoms with Crippen LogP contribution in [0.4, 0.5) is 0 Å². The Hall–Kier alpha value is -0.410. The van der Waals surface area contributed by atoms with Gasteiger partial charge in [-0.25, -0.2) is 9.98 Å². The molecule has 1 aliphatic rings. The predicted molar refractivity (Wildman–Crippen MR) is 117 cm³/mol. The van der Waals surface area contributed by atoms with Gasteiger partial charge in [-0.15, -0.1) is 35.3 Å². The van der Waals surface area contributed by atoms with Crippen molar-refractivity contribution < 1.29 is 4.74 Å². The van der Waals surface area contributed by atoms with Gasteiger partial charge < -0.3 is 15.0 Å². The molecule has 1 aliphatic heterocycles. The van der Waals surface area contributed by atoms with Crippen LogP contribution >= 0.6 is 35.3 Å². The van der Waals surface area contributed by atoms with Gasteiger partial charge in [0.15, 0.2) is 5.96 Å². The molecule has 5 nitrogen and oxygen atoms in total. The van der Waals surface area contributed by atoms with Gasteiger partial charge in [0, 0.05) is 37.0 Å². The number of aliphatic imine (C=N–C) groups is 1. The Labute approximate surface area is 173 Å². The Balaban J connectivity index is 0.00000312. The highest BCUT2D eigenvalue weighted by molar-refractivity contribution is 14.0. The first-order valence-electron chi connectivity index (χ1n) is 9.03. The van der Waals surface area contributed by atoms with Gasteiger partial charge in [-0.2, -0.15) is 0 Å². The van der Waals surface area contributed by atoms with E-state index in [0.29, 0.717) is 12.6 Å². The van der Waals surface area contributed by atoms with E-state index in [1.54, 1.807) is 11.3 Å². The average molecular weight is 480 g/mol.